The molecule has 0 heterocycles. The van der Waals surface area contributed by atoms with E-state index in [1.54, 1.807) is 0 Å². The van der Waals surface area contributed by atoms with Crippen molar-refractivity contribution in [3.8, 4) is 5.75 Å². The first kappa shape index (κ1) is 14.5. The number of hydrogen-bond acceptors (Lipinski definition) is 2. The highest BCUT2D eigenvalue weighted by molar-refractivity contribution is 9.10. The fraction of sp³-hybridized carbons (Fsp3) is 0.571. The second kappa shape index (κ2) is 7.02. The standard InChI is InChI=1S/C14H22BrNO/c1-5-17-11-6-7-12(13(15)9-11)14(16-4)8-10(2)3/h6-7,9-10,14,16H,5,8H2,1-4H3. The van der Waals surface area contributed by atoms with Crippen molar-refractivity contribution in [1.82, 2.24) is 5.32 Å². The van der Waals surface area contributed by atoms with E-state index in [9.17, 15) is 0 Å². The van der Waals surface area contributed by atoms with Crippen molar-refractivity contribution in [3.63, 3.8) is 0 Å². The maximum absolute atomic E-state index is 5.49. The van der Waals surface area contributed by atoms with Crippen molar-refractivity contribution >= 4 is 15.9 Å². The minimum absolute atomic E-state index is 0.389. The Morgan fingerprint density at radius 1 is 1.35 bits per heavy atom. The van der Waals surface area contributed by atoms with Crippen LogP contribution in [-0.2, 0) is 0 Å². The Labute approximate surface area is 113 Å². The van der Waals surface area contributed by atoms with Crippen molar-refractivity contribution in [2.75, 3.05) is 13.7 Å². The molecule has 0 amide bonds. The molecule has 0 aliphatic rings. The van der Waals surface area contributed by atoms with Gasteiger partial charge in [-0.1, -0.05) is 35.8 Å². The molecule has 0 spiro atoms. The largest absolute Gasteiger partial charge is 0.494 e. The predicted molar refractivity (Wildman–Crippen MR) is 76.6 cm³/mol. The molecule has 0 fully saturated rings. The Kier molecular flexibility index (Phi) is 6.00. The fourth-order valence-corrected chi connectivity index (χ4v) is 2.55. The quantitative estimate of drug-likeness (QED) is 0.852. The summed E-state index contributed by atoms with van der Waals surface area (Å²) in [5.74, 6) is 1.59. The monoisotopic (exact) mass is 299 g/mol. The van der Waals surface area contributed by atoms with Crippen LogP contribution in [0.15, 0.2) is 22.7 Å². The average Bonchev–Trinajstić information content (AvgIpc) is 2.27. The zero-order chi connectivity index (χ0) is 12.8. The van der Waals surface area contributed by atoms with Crippen LogP contribution in [0.3, 0.4) is 0 Å². The zero-order valence-electron chi connectivity index (χ0n) is 11.1. The van der Waals surface area contributed by atoms with Crippen LogP contribution in [0.5, 0.6) is 5.75 Å². The molecule has 0 aliphatic carbocycles. The van der Waals surface area contributed by atoms with E-state index in [2.05, 4.69) is 41.2 Å². The predicted octanol–water partition coefficient (Wildman–Crippen LogP) is 4.15. The lowest BCUT2D eigenvalue weighted by Crippen LogP contribution is -2.18. The maximum atomic E-state index is 5.49. The second-order valence-corrected chi connectivity index (χ2v) is 5.44. The van der Waals surface area contributed by atoms with Crippen LogP contribution >= 0.6 is 15.9 Å². The Hall–Kier alpha value is -0.540. The molecule has 0 aromatic heterocycles. The summed E-state index contributed by atoms with van der Waals surface area (Å²) in [6, 6.07) is 6.61. The molecule has 1 aromatic rings. The summed E-state index contributed by atoms with van der Waals surface area (Å²) in [4.78, 5) is 0. The minimum Gasteiger partial charge on any atom is -0.494 e. The fourth-order valence-electron chi connectivity index (χ4n) is 1.92. The van der Waals surface area contributed by atoms with Crippen molar-refractivity contribution in [1.29, 1.82) is 0 Å². The Bertz CT molecular complexity index is 352. The van der Waals surface area contributed by atoms with E-state index in [4.69, 9.17) is 4.74 Å². The van der Waals surface area contributed by atoms with Crippen LogP contribution in [-0.4, -0.2) is 13.7 Å². The van der Waals surface area contributed by atoms with Crippen LogP contribution in [0.2, 0.25) is 0 Å². The second-order valence-electron chi connectivity index (χ2n) is 4.59. The summed E-state index contributed by atoms with van der Waals surface area (Å²) < 4.78 is 6.60. The summed E-state index contributed by atoms with van der Waals surface area (Å²) in [6.07, 6.45) is 1.13. The van der Waals surface area contributed by atoms with Gasteiger partial charge in [-0.15, -0.1) is 0 Å². The molecule has 1 aromatic carbocycles. The molecule has 17 heavy (non-hydrogen) atoms. The van der Waals surface area contributed by atoms with Crippen LogP contribution in [0, 0.1) is 5.92 Å². The van der Waals surface area contributed by atoms with Crippen molar-refractivity contribution in [3.05, 3.63) is 28.2 Å². The van der Waals surface area contributed by atoms with Gasteiger partial charge < -0.3 is 10.1 Å². The first-order valence-electron chi connectivity index (χ1n) is 6.18. The van der Waals surface area contributed by atoms with Crippen LogP contribution in [0.1, 0.15) is 38.8 Å². The lowest BCUT2D eigenvalue weighted by molar-refractivity contribution is 0.339. The van der Waals surface area contributed by atoms with Gasteiger partial charge in [0, 0.05) is 10.5 Å². The number of benzene rings is 1. The molecule has 3 heteroatoms. The summed E-state index contributed by atoms with van der Waals surface area (Å²) in [6.45, 7) is 7.18. The van der Waals surface area contributed by atoms with E-state index >= 15 is 0 Å². The molecule has 1 unspecified atom stereocenters. The van der Waals surface area contributed by atoms with Gasteiger partial charge in [0.05, 0.1) is 6.61 Å². The summed E-state index contributed by atoms with van der Waals surface area (Å²) in [5, 5.41) is 3.37. The van der Waals surface area contributed by atoms with Gasteiger partial charge in [0.2, 0.25) is 0 Å². The highest BCUT2D eigenvalue weighted by Crippen LogP contribution is 2.30. The average molecular weight is 300 g/mol. The lowest BCUT2D eigenvalue weighted by Gasteiger charge is -2.20. The summed E-state index contributed by atoms with van der Waals surface area (Å²) in [7, 11) is 2.01. The van der Waals surface area contributed by atoms with Crippen LogP contribution < -0.4 is 10.1 Å². The molecular formula is C14H22BrNO. The highest BCUT2D eigenvalue weighted by Gasteiger charge is 2.14. The van der Waals surface area contributed by atoms with Crippen molar-refractivity contribution in [2.45, 2.75) is 33.2 Å². The third-order valence-corrected chi connectivity index (χ3v) is 3.40. The first-order chi connectivity index (χ1) is 8.08. The third-order valence-electron chi connectivity index (χ3n) is 2.71. The molecule has 1 atom stereocenters. The molecule has 0 bridgehead atoms. The number of ether oxygens (including phenoxy) is 1. The van der Waals surface area contributed by atoms with Crippen LogP contribution in [0.25, 0.3) is 0 Å². The van der Waals surface area contributed by atoms with E-state index in [0.29, 0.717) is 18.6 Å². The first-order valence-corrected chi connectivity index (χ1v) is 6.97. The number of rotatable bonds is 6. The van der Waals surface area contributed by atoms with Gasteiger partial charge in [0.25, 0.3) is 0 Å². The number of halogens is 1. The third kappa shape index (κ3) is 4.32. The molecule has 1 N–H and O–H groups in total. The molecule has 2 nitrogen and oxygen atoms in total. The molecule has 1 rings (SSSR count). The van der Waals surface area contributed by atoms with Crippen molar-refractivity contribution < 1.29 is 4.74 Å². The Morgan fingerprint density at radius 2 is 2.06 bits per heavy atom. The SMILES string of the molecule is CCOc1ccc(C(CC(C)C)NC)c(Br)c1. The highest BCUT2D eigenvalue weighted by atomic mass is 79.9. The lowest BCUT2D eigenvalue weighted by atomic mass is 9.97. The molecule has 0 radical (unpaired) electrons. The molecular weight excluding hydrogens is 278 g/mol. The van der Waals surface area contributed by atoms with E-state index in [1.165, 1.54) is 5.56 Å². The topological polar surface area (TPSA) is 21.3 Å². The van der Waals surface area contributed by atoms with Gasteiger partial charge >= 0.3 is 0 Å². The Morgan fingerprint density at radius 3 is 2.53 bits per heavy atom. The van der Waals surface area contributed by atoms with Gasteiger partial charge in [0.1, 0.15) is 5.75 Å². The zero-order valence-corrected chi connectivity index (χ0v) is 12.7. The van der Waals surface area contributed by atoms with E-state index < -0.39 is 0 Å². The van der Waals surface area contributed by atoms with Gasteiger partial charge in [-0.2, -0.15) is 0 Å². The molecule has 0 saturated carbocycles. The summed E-state index contributed by atoms with van der Waals surface area (Å²) in [5.41, 5.74) is 1.30. The van der Waals surface area contributed by atoms with Gasteiger partial charge in [-0.25, -0.2) is 0 Å². The van der Waals surface area contributed by atoms with Gasteiger partial charge in [-0.05, 0) is 44.0 Å². The molecule has 96 valence electrons. The van der Waals surface area contributed by atoms with E-state index in [1.807, 2.05) is 26.1 Å². The van der Waals surface area contributed by atoms with Crippen molar-refractivity contribution in [2.24, 2.45) is 5.92 Å². The molecule has 0 aliphatic heterocycles. The Balaban J connectivity index is 2.88. The van der Waals surface area contributed by atoms with Gasteiger partial charge in [-0.3, -0.25) is 0 Å². The van der Waals surface area contributed by atoms with Crippen LogP contribution in [0.4, 0.5) is 0 Å². The number of nitrogens with one attached hydrogen (secondary N) is 1. The van der Waals surface area contributed by atoms with E-state index in [-0.39, 0.29) is 0 Å². The smallest absolute Gasteiger partial charge is 0.120 e. The number of hydrogen-bond donors (Lipinski definition) is 1. The summed E-state index contributed by atoms with van der Waals surface area (Å²) >= 11 is 3.63. The normalized spacial score (nSPS) is 12.8. The van der Waals surface area contributed by atoms with E-state index in [0.717, 1.165) is 16.6 Å². The minimum atomic E-state index is 0.389. The molecule has 0 saturated heterocycles. The maximum Gasteiger partial charge on any atom is 0.120 e. The van der Waals surface area contributed by atoms with Gasteiger partial charge in [0.15, 0.2) is 0 Å².